The Morgan fingerprint density at radius 3 is 2.60 bits per heavy atom. The van der Waals surface area contributed by atoms with Gasteiger partial charge in [-0.3, -0.25) is 4.79 Å². The molecule has 3 aromatic rings. The molecule has 0 saturated carbocycles. The Morgan fingerprint density at radius 2 is 1.87 bits per heavy atom. The van der Waals surface area contributed by atoms with Gasteiger partial charge in [-0.15, -0.1) is 0 Å². The van der Waals surface area contributed by atoms with Crippen LogP contribution in [0.2, 0.25) is 10.0 Å². The van der Waals surface area contributed by atoms with Crippen LogP contribution in [0.3, 0.4) is 0 Å². The third kappa shape index (κ3) is 3.63. The fraction of sp³-hybridized carbons (Fsp3) is 0.0455. The summed E-state index contributed by atoms with van der Waals surface area (Å²) in [5.41, 5.74) is 1.75. The number of hydrazone groups is 1. The van der Waals surface area contributed by atoms with Crippen molar-refractivity contribution in [2.24, 2.45) is 5.10 Å². The number of halogens is 2. The first kappa shape index (κ1) is 19.9. The predicted octanol–water partition coefficient (Wildman–Crippen LogP) is 5.76. The number of nitrogens with zero attached hydrogens (tertiary/aromatic N) is 2. The summed E-state index contributed by atoms with van der Waals surface area (Å²) in [5, 5.41) is 15.3. The van der Waals surface area contributed by atoms with Crippen LogP contribution >= 0.6 is 23.2 Å². The van der Waals surface area contributed by atoms with E-state index in [0.29, 0.717) is 33.5 Å². The van der Waals surface area contributed by atoms with Crippen LogP contribution in [0.25, 0.3) is 17.4 Å². The Bertz CT molecular complexity index is 1240. The molecule has 1 N–H and O–H groups in total. The molecule has 0 radical (unpaired) electrons. The minimum absolute atomic E-state index is 0.0806. The van der Waals surface area contributed by atoms with E-state index >= 15 is 0 Å². The molecule has 2 aromatic carbocycles. The van der Waals surface area contributed by atoms with Gasteiger partial charge in [-0.25, -0.2) is 4.79 Å². The van der Waals surface area contributed by atoms with Gasteiger partial charge in [-0.05, 0) is 55.5 Å². The van der Waals surface area contributed by atoms with Gasteiger partial charge in [-0.1, -0.05) is 35.3 Å². The van der Waals surface area contributed by atoms with Crippen LogP contribution in [0.1, 0.15) is 23.0 Å². The van der Waals surface area contributed by atoms with Crippen LogP contribution in [-0.4, -0.2) is 22.7 Å². The van der Waals surface area contributed by atoms with Crippen molar-refractivity contribution in [2.45, 2.75) is 6.92 Å². The number of benzene rings is 2. The van der Waals surface area contributed by atoms with Gasteiger partial charge in [0.05, 0.1) is 32.6 Å². The lowest BCUT2D eigenvalue weighted by atomic mass is 10.1. The topological polar surface area (TPSA) is 83.1 Å². The number of carbonyl (C=O) groups is 2. The molecular formula is C22H14Cl2N2O4. The number of hydrogen-bond donors (Lipinski definition) is 1. The standard InChI is InChI=1S/C22H14Cl2N2O4/c1-12-16(11-14-7-9-20(30-14)15-4-2-3-5-18(15)23)21(27)26(25-12)13-6-8-19(24)17(10-13)22(28)29/h2-11H,1H3,(H,28,29). The smallest absolute Gasteiger partial charge is 0.337 e. The molecule has 0 unspecified atom stereocenters. The van der Waals surface area contributed by atoms with E-state index in [1.54, 1.807) is 31.2 Å². The molecule has 1 aromatic heterocycles. The molecule has 0 fully saturated rings. The molecule has 8 heteroatoms. The number of carboxylic acid groups (broad SMARTS) is 1. The van der Waals surface area contributed by atoms with Gasteiger partial charge in [0.2, 0.25) is 0 Å². The second-order valence-electron chi connectivity index (χ2n) is 6.51. The molecule has 0 aliphatic carbocycles. The molecule has 2 heterocycles. The molecule has 1 aliphatic rings. The lowest BCUT2D eigenvalue weighted by molar-refractivity contribution is -0.114. The fourth-order valence-electron chi connectivity index (χ4n) is 3.05. The number of carboxylic acids is 1. The fourth-order valence-corrected chi connectivity index (χ4v) is 3.47. The molecule has 1 amide bonds. The Balaban J connectivity index is 1.65. The number of amides is 1. The van der Waals surface area contributed by atoms with Gasteiger partial charge < -0.3 is 9.52 Å². The third-order valence-corrected chi connectivity index (χ3v) is 5.20. The molecule has 4 rings (SSSR count). The van der Waals surface area contributed by atoms with Crippen LogP contribution < -0.4 is 5.01 Å². The maximum atomic E-state index is 12.9. The summed E-state index contributed by atoms with van der Waals surface area (Å²) in [4.78, 5) is 24.2. The number of carbonyl (C=O) groups excluding carboxylic acids is 1. The zero-order valence-corrected chi connectivity index (χ0v) is 17.1. The largest absolute Gasteiger partial charge is 0.478 e. The van der Waals surface area contributed by atoms with Crippen molar-refractivity contribution in [3.8, 4) is 11.3 Å². The first-order valence-corrected chi connectivity index (χ1v) is 9.60. The summed E-state index contributed by atoms with van der Waals surface area (Å²) in [6.07, 6.45) is 1.59. The Labute approximate surface area is 181 Å². The first-order chi connectivity index (χ1) is 14.3. The van der Waals surface area contributed by atoms with E-state index < -0.39 is 11.9 Å². The quantitative estimate of drug-likeness (QED) is 0.522. The van der Waals surface area contributed by atoms with Crippen molar-refractivity contribution in [2.75, 3.05) is 5.01 Å². The monoisotopic (exact) mass is 440 g/mol. The molecule has 1 aliphatic heterocycles. The summed E-state index contributed by atoms with van der Waals surface area (Å²) in [6, 6.07) is 15.1. The number of anilines is 1. The Morgan fingerprint density at radius 1 is 1.10 bits per heavy atom. The highest BCUT2D eigenvalue weighted by Gasteiger charge is 2.30. The average Bonchev–Trinajstić information content (AvgIpc) is 3.29. The van der Waals surface area contributed by atoms with Crippen LogP contribution in [0, 0.1) is 0 Å². The molecule has 150 valence electrons. The average molecular weight is 441 g/mol. The van der Waals surface area contributed by atoms with Gasteiger partial charge in [-0.2, -0.15) is 10.1 Å². The van der Waals surface area contributed by atoms with Crippen molar-refractivity contribution in [3.05, 3.63) is 81.5 Å². The second-order valence-corrected chi connectivity index (χ2v) is 7.33. The van der Waals surface area contributed by atoms with Crippen molar-refractivity contribution in [1.82, 2.24) is 0 Å². The number of hydrogen-bond acceptors (Lipinski definition) is 4. The molecule has 0 saturated heterocycles. The lowest BCUT2D eigenvalue weighted by Crippen LogP contribution is -2.21. The number of furan rings is 1. The molecular weight excluding hydrogens is 427 g/mol. The Hall–Kier alpha value is -3.35. The predicted molar refractivity (Wildman–Crippen MR) is 116 cm³/mol. The molecule has 0 spiro atoms. The first-order valence-electron chi connectivity index (χ1n) is 8.84. The molecule has 0 bridgehead atoms. The van der Waals surface area contributed by atoms with E-state index in [2.05, 4.69) is 5.10 Å². The van der Waals surface area contributed by atoms with Crippen LogP contribution in [0.5, 0.6) is 0 Å². The second kappa shape index (κ2) is 7.82. The van der Waals surface area contributed by atoms with Crippen molar-refractivity contribution in [3.63, 3.8) is 0 Å². The van der Waals surface area contributed by atoms with Gasteiger partial charge in [0, 0.05) is 5.56 Å². The van der Waals surface area contributed by atoms with Gasteiger partial charge >= 0.3 is 5.97 Å². The van der Waals surface area contributed by atoms with Crippen molar-refractivity contribution < 1.29 is 19.1 Å². The number of rotatable bonds is 4. The van der Waals surface area contributed by atoms with Crippen molar-refractivity contribution in [1.29, 1.82) is 0 Å². The molecule has 0 atom stereocenters. The zero-order valence-electron chi connectivity index (χ0n) is 15.6. The van der Waals surface area contributed by atoms with Gasteiger partial charge in [0.25, 0.3) is 5.91 Å². The molecule has 30 heavy (non-hydrogen) atoms. The number of aromatic carboxylic acids is 1. The normalized spacial score (nSPS) is 15.0. The highest BCUT2D eigenvalue weighted by atomic mass is 35.5. The summed E-state index contributed by atoms with van der Waals surface area (Å²) in [5.74, 6) is -0.547. The minimum atomic E-state index is -1.19. The third-order valence-electron chi connectivity index (χ3n) is 4.54. The van der Waals surface area contributed by atoms with E-state index in [9.17, 15) is 14.7 Å². The van der Waals surface area contributed by atoms with E-state index in [4.69, 9.17) is 27.6 Å². The van der Waals surface area contributed by atoms with E-state index in [1.165, 1.54) is 18.2 Å². The summed E-state index contributed by atoms with van der Waals surface area (Å²) < 4.78 is 5.83. The SMILES string of the molecule is CC1=NN(c2ccc(Cl)c(C(=O)O)c2)C(=O)C1=Cc1ccc(-c2ccccc2Cl)o1. The lowest BCUT2D eigenvalue weighted by Gasteiger charge is -2.12. The maximum Gasteiger partial charge on any atom is 0.337 e. The van der Waals surface area contributed by atoms with E-state index in [0.717, 1.165) is 10.6 Å². The van der Waals surface area contributed by atoms with E-state index in [1.807, 2.05) is 18.2 Å². The van der Waals surface area contributed by atoms with Crippen LogP contribution in [0.4, 0.5) is 5.69 Å². The minimum Gasteiger partial charge on any atom is -0.478 e. The highest BCUT2D eigenvalue weighted by molar-refractivity contribution is 6.34. The summed E-state index contributed by atoms with van der Waals surface area (Å²) in [7, 11) is 0. The maximum absolute atomic E-state index is 12.9. The highest BCUT2D eigenvalue weighted by Crippen LogP contribution is 2.31. The Kier molecular flexibility index (Phi) is 5.20. The summed E-state index contributed by atoms with van der Waals surface area (Å²) >= 11 is 12.1. The van der Waals surface area contributed by atoms with Crippen LogP contribution in [-0.2, 0) is 4.79 Å². The van der Waals surface area contributed by atoms with Gasteiger partial charge in [0.15, 0.2) is 0 Å². The van der Waals surface area contributed by atoms with Crippen molar-refractivity contribution >= 4 is 52.6 Å². The zero-order chi connectivity index (χ0) is 21.4. The van der Waals surface area contributed by atoms with Gasteiger partial charge in [0.1, 0.15) is 11.5 Å². The van der Waals surface area contributed by atoms with E-state index in [-0.39, 0.29) is 10.6 Å². The molecule has 6 nitrogen and oxygen atoms in total. The summed E-state index contributed by atoms with van der Waals surface area (Å²) in [6.45, 7) is 1.69. The van der Waals surface area contributed by atoms with Crippen LogP contribution in [0.15, 0.2) is 69.7 Å².